The molecule has 0 saturated heterocycles. The summed E-state index contributed by atoms with van der Waals surface area (Å²) in [6, 6.07) is 9.82. The van der Waals surface area contributed by atoms with Crippen molar-refractivity contribution in [1.82, 2.24) is 14.9 Å². The number of benzene rings is 1. The molecular weight excluding hydrogens is 258 g/mol. The first-order valence-corrected chi connectivity index (χ1v) is 7.82. The fourth-order valence-electron chi connectivity index (χ4n) is 3.67. The van der Waals surface area contributed by atoms with Gasteiger partial charge in [-0.3, -0.25) is 0 Å². The van der Waals surface area contributed by atoms with Crippen LogP contribution in [0.2, 0.25) is 0 Å². The molecule has 21 heavy (non-hydrogen) atoms. The molecule has 2 aliphatic rings. The van der Waals surface area contributed by atoms with Crippen LogP contribution < -0.4 is 5.32 Å². The van der Waals surface area contributed by atoms with Gasteiger partial charge in [0.25, 0.3) is 0 Å². The number of hydrogen-bond acceptors (Lipinski definition) is 2. The summed E-state index contributed by atoms with van der Waals surface area (Å²) in [5.41, 5.74) is 2.51. The molecule has 4 unspecified atom stereocenters. The zero-order chi connectivity index (χ0) is 14.2. The number of aromatic nitrogens is 2. The highest BCUT2D eigenvalue weighted by molar-refractivity contribution is 5.35. The van der Waals surface area contributed by atoms with Gasteiger partial charge in [-0.1, -0.05) is 24.3 Å². The summed E-state index contributed by atoms with van der Waals surface area (Å²) in [5.74, 6) is 1.69. The maximum absolute atomic E-state index is 4.09. The van der Waals surface area contributed by atoms with E-state index in [0.717, 1.165) is 17.5 Å². The molecule has 0 aliphatic heterocycles. The lowest BCUT2D eigenvalue weighted by atomic mass is 9.71. The van der Waals surface area contributed by atoms with Gasteiger partial charge in [0.15, 0.2) is 0 Å². The van der Waals surface area contributed by atoms with E-state index in [2.05, 4.69) is 53.6 Å². The summed E-state index contributed by atoms with van der Waals surface area (Å²) in [5, 5.41) is 3.79. The van der Waals surface area contributed by atoms with E-state index < -0.39 is 0 Å². The highest BCUT2D eigenvalue weighted by Crippen LogP contribution is 2.43. The molecule has 4 atom stereocenters. The summed E-state index contributed by atoms with van der Waals surface area (Å²) in [4.78, 5) is 4.09. The molecule has 0 bridgehead atoms. The molecule has 0 spiro atoms. The highest BCUT2D eigenvalue weighted by atomic mass is 15.0. The lowest BCUT2D eigenvalue weighted by Crippen LogP contribution is -2.48. The van der Waals surface area contributed by atoms with E-state index in [0.29, 0.717) is 12.1 Å². The number of nitrogens with zero attached hydrogens (tertiary/aromatic N) is 2. The molecule has 1 aromatic carbocycles. The second-order valence-corrected chi connectivity index (χ2v) is 6.29. The van der Waals surface area contributed by atoms with Crippen molar-refractivity contribution in [3.8, 4) is 5.69 Å². The van der Waals surface area contributed by atoms with E-state index in [4.69, 9.17) is 0 Å². The van der Waals surface area contributed by atoms with Crippen LogP contribution in [0.15, 0.2) is 55.1 Å². The number of nitrogens with one attached hydrogen (secondary N) is 1. The Morgan fingerprint density at radius 3 is 2.86 bits per heavy atom. The van der Waals surface area contributed by atoms with Crippen LogP contribution in [0.4, 0.5) is 0 Å². The van der Waals surface area contributed by atoms with Crippen molar-refractivity contribution >= 4 is 0 Å². The van der Waals surface area contributed by atoms with Gasteiger partial charge in [0.05, 0.1) is 6.33 Å². The van der Waals surface area contributed by atoms with Crippen LogP contribution in [0.25, 0.3) is 5.69 Å². The summed E-state index contributed by atoms with van der Waals surface area (Å²) in [7, 11) is 0. The van der Waals surface area contributed by atoms with Crippen molar-refractivity contribution in [1.29, 1.82) is 0 Å². The Morgan fingerprint density at radius 1 is 1.29 bits per heavy atom. The molecular formula is C18H21N3. The molecule has 4 rings (SSSR count). The first-order valence-electron chi connectivity index (χ1n) is 7.82. The molecule has 0 amide bonds. The van der Waals surface area contributed by atoms with Gasteiger partial charge in [-0.25, -0.2) is 4.98 Å². The van der Waals surface area contributed by atoms with Crippen LogP contribution >= 0.6 is 0 Å². The van der Waals surface area contributed by atoms with E-state index in [1.165, 1.54) is 18.4 Å². The first kappa shape index (κ1) is 12.8. The number of allylic oxidation sites excluding steroid dienone is 1. The number of hydrogen-bond donors (Lipinski definition) is 1. The van der Waals surface area contributed by atoms with E-state index in [9.17, 15) is 0 Å². The Labute approximate surface area is 125 Å². The standard InChI is InChI=1S/C18H21N3/c1-13(20-18-11-15-3-2-4-17(15)18)14-5-7-16(8-6-14)21-10-9-19-12-21/h2,4-10,12-13,15,17-18,20H,3,11H2,1H3. The van der Waals surface area contributed by atoms with E-state index in [1.54, 1.807) is 6.20 Å². The highest BCUT2D eigenvalue weighted by Gasteiger charge is 2.41. The molecule has 108 valence electrons. The van der Waals surface area contributed by atoms with Crippen molar-refractivity contribution in [2.75, 3.05) is 0 Å². The van der Waals surface area contributed by atoms with Gasteiger partial charge >= 0.3 is 0 Å². The maximum Gasteiger partial charge on any atom is 0.0991 e. The molecule has 1 N–H and O–H groups in total. The Bertz CT molecular complexity index is 627. The smallest absolute Gasteiger partial charge is 0.0991 e. The molecule has 1 fully saturated rings. The normalized spacial score (nSPS) is 28.1. The van der Waals surface area contributed by atoms with E-state index >= 15 is 0 Å². The van der Waals surface area contributed by atoms with Crippen molar-refractivity contribution in [2.45, 2.75) is 31.8 Å². The maximum atomic E-state index is 4.09. The van der Waals surface area contributed by atoms with Gasteiger partial charge in [-0.15, -0.1) is 0 Å². The summed E-state index contributed by atoms with van der Waals surface area (Å²) in [6.07, 6.45) is 13.0. The molecule has 2 aliphatic carbocycles. The molecule has 2 aromatic rings. The molecule has 0 radical (unpaired) electrons. The molecule has 3 nitrogen and oxygen atoms in total. The van der Waals surface area contributed by atoms with Gasteiger partial charge < -0.3 is 9.88 Å². The van der Waals surface area contributed by atoms with Crippen LogP contribution in [0, 0.1) is 11.8 Å². The SMILES string of the molecule is CC(NC1CC2CC=CC21)c1ccc(-n2ccnc2)cc1. The predicted octanol–water partition coefficient (Wildman–Crippen LogP) is 3.49. The van der Waals surface area contributed by atoms with Crippen LogP contribution in [0.5, 0.6) is 0 Å². The largest absolute Gasteiger partial charge is 0.307 e. The monoisotopic (exact) mass is 279 g/mol. The number of rotatable bonds is 4. The average Bonchev–Trinajstić information content (AvgIpc) is 3.14. The second-order valence-electron chi connectivity index (χ2n) is 6.29. The topological polar surface area (TPSA) is 29.9 Å². The minimum atomic E-state index is 0.404. The van der Waals surface area contributed by atoms with Crippen LogP contribution in [0.3, 0.4) is 0 Å². The van der Waals surface area contributed by atoms with Gasteiger partial charge in [-0.2, -0.15) is 0 Å². The van der Waals surface area contributed by atoms with Gasteiger partial charge in [-0.05, 0) is 49.3 Å². The van der Waals surface area contributed by atoms with Gasteiger partial charge in [0.2, 0.25) is 0 Å². The van der Waals surface area contributed by atoms with E-state index in [-0.39, 0.29) is 0 Å². The third kappa shape index (κ3) is 2.32. The Balaban J connectivity index is 1.42. The van der Waals surface area contributed by atoms with Gasteiger partial charge in [0.1, 0.15) is 0 Å². The summed E-state index contributed by atoms with van der Waals surface area (Å²) in [6.45, 7) is 2.26. The fourth-order valence-corrected chi connectivity index (χ4v) is 3.67. The Hall–Kier alpha value is -1.87. The lowest BCUT2D eigenvalue weighted by Gasteiger charge is -2.42. The quantitative estimate of drug-likeness (QED) is 0.868. The second kappa shape index (κ2) is 5.15. The number of imidazole rings is 1. The minimum absolute atomic E-state index is 0.404. The van der Waals surface area contributed by atoms with Crippen molar-refractivity contribution in [3.63, 3.8) is 0 Å². The fraction of sp³-hybridized carbons (Fsp3) is 0.389. The lowest BCUT2D eigenvalue weighted by molar-refractivity contribution is 0.152. The molecule has 3 heteroatoms. The predicted molar refractivity (Wildman–Crippen MR) is 84.3 cm³/mol. The third-order valence-electron chi connectivity index (χ3n) is 5.02. The minimum Gasteiger partial charge on any atom is -0.307 e. The molecule has 1 saturated carbocycles. The molecule has 1 aromatic heterocycles. The van der Waals surface area contributed by atoms with Crippen molar-refractivity contribution < 1.29 is 0 Å². The zero-order valence-electron chi connectivity index (χ0n) is 12.3. The van der Waals surface area contributed by atoms with Crippen LogP contribution in [-0.4, -0.2) is 15.6 Å². The number of fused-ring (bicyclic) bond motifs is 1. The van der Waals surface area contributed by atoms with Crippen molar-refractivity contribution in [3.05, 3.63) is 60.7 Å². The third-order valence-corrected chi connectivity index (χ3v) is 5.02. The Morgan fingerprint density at radius 2 is 2.14 bits per heavy atom. The summed E-state index contributed by atoms with van der Waals surface area (Å²) >= 11 is 0. The first-order chi connectivity index (χ1) is 10.3. The average molecular weight is 279 g/mol. The van der Waals surface area contributed by atoms with Gasteiger partial charge in [0, 0.05) is 30.2 Å². The zero-order valence-corrected chi connectivity index (χ0v) is 12.3. The molecule has 1 heterocycles. The van der Waals surface area contributed by atoms with Crippen LogP contribution in [0.1, 0.15) is 31.4 Å². The van der Waals surface area contributed by atoms with Crippen LogP contribution in [-0.2, 0) is 0 Å². The van der Waals surface area contributed by atoms with E-state index in [1.807, 2.05) is 17.1 Å². The van der Waals surface area contributed by atoms with Crippen molar-refractivity contribution in [2.24, 2.45) is 11.8 Å². The summed E-state index contributed by atoms with van der Waals surface area (Å²) < 4.78 is 2.03. The Kier molecular flexibility index (Phi) is 3.15.